The smallest absolute Gasteiger partial charge is 0.324 e. The Bertz CT molecular complexity index is 761. The van der Waals surface area contributed by atoms with Crippen molar-refractivity contribution in [2.75, 3.05) is 6.54 Å². The van der Waals surface area contributed by atoms with Crippen LogP contribution in [0.3, 0.4) is 0 Å². The molecular formula is C12H17N5O2. The molecule has 0 spiro atoms. The van der Waals surface area contributed by atoms with Gasteiger partial charge in [0.05, 0.1) is 6.04 Å². The summed E-state index contributed by atoms with van der Waals surface area (Å²) in [4.78, 5) is 28.6. The first-order valence-corrected chi connectivity index (χ1v) is 6.38. The first-order valence-electron chi connectivity index (χ1n) is 6.38. The second-order valence-electron chi connectivity index (χ2n) is 5.06. The maximum atomic E-state index is 12.2. The van der Waals surface area contributed by atoms with Crippen LogP contribution in [0.25, 0.3) is 11.2 Å². The van der Waals surface area contributed by atoms with Crippen LogP contribution in [-0.4, -0.2) is 25.2 Å². The van der Waals surface area contributed by atoms with Gasteiger partial charge in [-0.2, -0.15) is 0 Å². The molecule has 2 aromatic rings. The molecule has 0 radical (unpaired) electrons. The largest absolute Gasteiger partial charge is 0.332 e. The SMILES string of the molecule is Cn1c(=O)c2c(nc(C3CCCN3)n2C)n(C)c1=O. The number of nitrogens with zero attached hydrogens (tertiary/aromatic N) is 4. The van der Waals surface area contributed by atoms with Gasteiger partial charge in [0.25, 0.3) is 5.56 Å². The molecule has 2 aromatic heterocycles. The lowest BCUT2D eigenvalue weighted by molar-refractivity contribution is 0.583. The summed E-state index contributed by atoms with van der Waals surface area (Å²) < 4.78 is 4.35. The molecule has 3 heterocycles. The molecule has 7 heteroatoms. The minimum atomic E-state index is -0.346. The first kappa shape index (κ1) is 12.2. The van der Waals surface area contributed by atoms with Crippen LogP contribution in [0, 0.1) is 0 Å². The van der Waals surface area contributed by atoms with Crippen molar-refractivity contribution in [3.63, 3.8) is 0 Å². The molecule has 1 aliphatic rings. The average molecular weight is 263 g/mol. The van der Waals surface area contributed by atoms with Crippen molar-refractivity contribution in [2.24, 2.45) is 21.1 Å². The van der Waals surface area contributed by atoms with Gasteiger partial charge >= 0.3 is 5.69 Å². The molecule has 19 heavy (non-hydrogen) atoms. The Labute approximate surface area is 109 Å². The standard InChI is InChI=1S/C12H17N5O2/c1-15-8-10(14-9(15)7-5-4-6-13-7)16(2)12(19)17(3)11(8)18/h7,13H,4-6H2,1-3H3. The molecule has 1 saturated heterocycles. The van der Waals surface area contributed by atoms with Crippen LogP contribution in [0.2, 0.25) is 0 Å². The van der Waals surface area contributed by atoms with Crippen molar-refractivity contribution >= 4 is 11.2 Å². The van der Waals surface area contributed by atoms with Crippen LogP contribution in [0.4, 0.5) is 0 Å². The van der Waals surface area contributed by atoms with E-state index in [-0.39, 0.29) is 17.3 Å². The van der Waals surface area contributed by atoms with E-state index in [1.165, 1.54) is 11.6 Å². The number of rotatable bonds is 1. The van der Waals surface area contributed by atoms with Crippen LogP contribution in [0.1, 0.15) is 24.7 Å². The van der Waals surface area contributed by atoms with E-state index in [4.69, 9.17) is 0 Å². The zero-order valence-corrected chi connectivity index (χ0v) is 11.3. The zero-order valence-electron chi connectivity index (χ0n) is 11.3. The number of hydrogen-bond acceptors (Lipinski definition) is 4. The molecule has 0 saturated carbocycles. The Kier molecular flexibility index (Phi) is 2.60. The predicted octanol–water partition coefficient (Wildman–Crippen LogP) is -0.605. The topological polar surface area (TPSA) is 73.8 Å². The third-order valence-corrected chi connectivity index (χ3v) is 3.88. The van der Waals surface area contributed by atoms with Gasteiger partial charge in [-0.15, -0.1) is 0 Å². The normalized spacial score (nSPS) is 19.4. The summed E-state index contributed by atoms with van der Waals surface area (Å²) >= 11 is 0. The molecule has 0 aliphatic carbocycles. The molecule has 1 N–H and O–H groups in total. The predicted molar refractivity (Wildman–Crippen MR) is 71.2 cm³/mol. The highest BCUT2D eigenvalue weighted by atomic mass is 16.2. The van der Waals surface area contributed by atoms with Crippen molar-refractivity contribution in [3.8, 4) is 0 Å². The molecule has 1 unspecified atom stereocenters. The first-order chi connectivity index (χ1) is 9.02. The van der Waals surface area contributed by atoms with Crippen molar-refractivity contribution in [3.05, 3.63) is 26.7 Å². The monoisotopic (exact) mass is 263 g/mol. The van der Waals surface area contributed by atoms with Gasteiger partial charge in [-0.25, -0.2) is 9.78 Å². The molecular weight excluding hydrogens is 246 g/mol. The highest BCUT2D eigenvalue weighted by Gasteiger charge is 2.24. The molecule has 1 aliphatic heterocycles. The van der Waals surface area contributed by atoms with E-state index in [2.05, 4.69) is 10.3 Å². The van der Waals surface area contributed by atoms with E-state index < -0.39 is 0 Å². The summed E-state index contributed by atoms with van der Waals surface area (Å²) in [7, 11) is 4.96. The number of imidazole rings is 1. The van der Waals surface area contributed by atoms with Crippen molar-refractivity contribution in [1.82, 2.24) is 24.0 Å². The minimum absolute atomic E-state index is 0.164. The van der Waals surface area contributed by atoms with Gasteiger partial charge in [-0.05, 0) is 19.4 Å². The van der Waals surface area contributed by atoms with Gasteiger partial charge in [-0.1, -0.05) is 0 Å². The third-order valence-electron chi connectivity index (χ3n) is 3.88. The van der Waals surface area contributed by atoms with Gasteiger partial charge in [0, 0.05) is 21.1 Å². The maximum absolute atomic E-state index is 12.2. The molecule has 0 bridgehead atoms. The molecule has 102 valence electrons. The van der Waals surface area contributed by atoms with Gasteiger partial charge in [-0.3, -0.25) is 13.9 Å². The van der Waals surface area contributed by atoms with E-state index in [9.17, 15) is 9.59 Å². The second-order valence-corrected chi connectivity index (χ2v) is 5.06. The highest BCUT2D eigenvalue weighted by molar-refractivity contribution is 5.71. The van der Waals surface area contributed by atoms with Crippen molar-refractivity contribution in [2.45, 2.75) is 18.9 Å². The van der Waals surface area contributed by atoms with Crippen LogP contribution in [0.15, 0.2) is 9.59 Å². The second kappa shape index (κ2) is 4.06. The van der Waals surface area contributed by atoms with E-state index in [1.807, 2.05) is 7.05 Å². The summed E-state index contributed by atoms with van der Waals surface area (Å²) in [6.45, 7) is 0.963. The van der Waals surface area contributed by atoms with Crippen LogP contribution in [-0.2, 0) is 21.1 Å². The Balaban J connectivity index is 2.38. The molecule has 0 amide bonds. The molecule has 7 nitrogen and oxygen atoms in total. The van der Waals surface area contributed by atoms with E-state index in [1.54, 1.807) is 11.6 Å². The third kappa shape index (κ3) is 1.58. The number of aromatic nitrogens is 4. The fraction of sp³-hybridized carbons (Fsp3) is 0.583. The summed E-state index contributed by atoms with van der Waals surface area (Å²) in [5.41, 5.74) is 0.298. The quantitative estimate of drug-likeness (QED) is 0.745. The summed E-state index contributed by atoms with van der Waals surface area (Å²) in [6.07, 6.45) is 2.11. The summed E-state index contributed by atoms with van der Waals surface area (Å²) in [6, 6.07) is 0.164. The van der Waals surface area contributed by atoms with Gasteiger partial charge in [0.15, 0.2) is 11.2 Å². The number of nitrogens with one attached hydrogen (secondary N) is 1. The van der Waals surface area contributed by atoms with Gasteiger partial charge < -0.3 is 9.88 Å². The average Bonchev–Trinajstić information content (AvgIpc) is 3.01. The van der Waals surface area contributed by atoms with Crippen molar-refractivity contribution in [1.29, 1.82) is 0 Å². The summed E-state index contributed by atoms with van der Waals surface area (Å²) in [5, 5.41) is 3.36. The Morgan fingerprint density at radius 3 is 2.53 bits per heavy atom. The molecule has 0 aromatic carbocycles. The summed E-state index contributed by atoms with van der Waals surface area (Å²) in [5.74, 6) is 0.825. The van der Waals surface area contributed by atoms with Gasteiger partial charge in [0.1, 0.15) is 5.82 Å². The lowest BCUT2D eigenvalue weighted by Gasteiger charge is -2.09. The Morgan fingerprint density at radius 2 is 1.89 bits per heavy atom. The lowest BCUT2D eigenvalue weighted by Crippen LogP contribution is -2.37. The van der Waals surface area contributed by atoms with Crippen LogP contribution in [0.5, 0.6) is 0 Å². The van der Waals surface area contributed by atoms with Crippen LogP contribution < -0.4 is 16.6 Å². The number of hydrogen-bond donors (Lipinski definition) is 1. The fourth-order valence-electron chi connectivity index (χ4n) is 2.75. The minimum Gasteiger partial charge on any atom is -0.324 e. The maximum Gasteiger partial charge on any atom is 0.332 e. The Morgan fingerprint density at radius 1 is 1.16 bits per heavy atom. The number of fused-ring (bicyclic) bond motifs is 1. The van der Waals surface area contributed by atoms with Crippen molar-refractivity contribution < 1.29 is 0 Å². The van der Waals surface area contributed by atoms with E-state index in [0.29, 0.717) is 11.2 Å². The number of aryl methyl sites for hydroxylation is 2. The van der Waals surface area contributed by atoms with Crippen LogP contribution >= 0.6 is 0 Å². The molecule has 3 rings (SSSR count). The molecule has 1 fully saturated rings. The van der Waals surface area contributed by atoms with E-state index >= 15 is 0 Å². The van der Waals surface area contributed by atoms with E-state index in [0.717, 1.165) is 29.8 Å². The molecule has 1 atom stereocenters. The van der Waals surface area contributed by atoms with Gasteiger partial charge in [0.2, 0.25) is 0 Å². The zero-order chi connectivity index (χ0) is 13.7. The highest BCUT2D eigenvalue weighted by Crippen LogP contribution is 2.23. The Hall–Kier alpha value is -1.89. The lowest BCUT2D eigenvalue weighted by atomic mass is 10.2. The fourth-order valence-corrected chi connectivity index (χ4v) is 2.75.